The minimum Gasteiger partial charge on any atom is -0.500 e. The van der Waals surface area contributed by atoms with Crippen LogP contribution >= 0.6 is 0 Å². The van der Waals surface area contributed by atoms with Crippen LogP contribution < -0.4 is 11.2 Å². The van der Waals surface area contributed by atoms with Crippen molar-refractivity contribution < 1.29 is 14.6 Å². The number of hydrogen-bond acceptors (Lipinski definition) is 5. The van der Waals surface area contributed by atoms with Crippen LogP contribution in [0.5, 0.6) is 5.75 Å². The molecule has 0 unspecified atom stereocenters. The van der Waals surface area contributed by atoms with Crippen molar-refractivity contribution in [1.82, 2.24) is 0 Å². The molecule has 0 aliphatic heterocycles. The molecule has 5 heteroatoms. The second kappa shape index (κ2) is 2.63. The summed E-state index contributed by atoms with van der Waals surface area (Å²) in [7, 11) is 0. The topological polar surface area (TPSA) is 96.7 Å². The first-order chi connectivity index (χ1) is 5.15. The van der Waals surface area contributed by atoms with E-state index in [1.807, 2.05) is 0 Å². The Morgan fingerprint density at radius 1 is 1.64 bits per heavy atom. The maximum Gasteiger partial charge on any atom is 0.237 e. The van der Waals surface area contributed by atoms with Gasteiger partial charge in [-0.2, -0.15) is 0 Å². The molecule has 4 N–H and O–H groups in total. The first-order valence-electron chi connectivity index (χ1n) is 2.87. The molecule has 0 aliphatic carbocycles. The van der Waals surface area contributed by atoms with Crippen LogP contribution in [-0.2, 0) is 6.61 Å². The van der Waals surface area contributed by atoms with Gasteiger partial charge >= 0.3 is 0 Å². The van der Waals surface area contributed by atoms with Crippen LogP contribution in [0.3, 0.4) is 0 Å². The SMILES string of the molecule is Nc1oc(CO)cc(=O)c1O. The van der Waals surface area contributed by atoms with E-state index in [-0.39, 0.29) is 11.6 Å². The fourth-order valence-electron chi connectivity index (χ4n) is 0.633. The van der Waals surface area contributed by atoms with E-state index in [1.54, 1.807) is 0 Å². The Morgan fingerprint density at radius 2 is 2.27 bits per heavy atom. The lowest BCUT2D eigenvalue weighted by Crippen LogP contribution is -2.04. The van der Waals surface area contributed by atoms with E-state index in [2.05, 4.69) is 4.42 Å². The van der Waals surface area contributed by atoms with Crippen molar-refractivity contribution in [2.24, 2.45) is 0 Å². The van der Waals surface area contributed by atoms with Gasteiger partial charge in [0, 0.05) is 6.07 Å². The summed E-state index contributed by atoms with van der Waals surface area (Å²) in [5, 5.41) is 17.3. The zero-order valence-corrected chi connectivity index (χ0v) is 5.57. The molecule has 1 aromatic heterocycles. The highest BCUT2D eigenvalue weighted by Gasteiger charge is 2.05. The number of aliphatic hydroxyl groups excluding tert-OH is 1. The summed E-state index contributed by atoms with van der Waals surface area (Å²) in [6.45, 7) is -0.417. The molecule has 0 amide bonds. The van der Waals surface area contributed by atoms with Crippen LogP contribution in [0.2, 0.25) is 0 Å². The largest absolute Gasteiger partial charge is 0.500 e. The Balaban J connectivity index is 3.32. The lowest BCUT2D eigenvalue weighted by molar-refractivity contribution is 0.244. The highest BCUT2D eigenvalue weighted by molar-refractivity contribution is 5.41. The maximum absolute atomic E-state index is 10.7. The minimum atomic E-state index is -0.655. The summed E-state index contributed by atoms with van der Waals surface area (Å²) >= 11 is 0. The molecule has 0 bridgehead atoms. The molecule has 11 heavy (non-hydrogen) atoms. The fourth-order valence-corrected chi connectivity index (χ4v) is 0.633. The molecular formula is C6H7NO4. The third kappa shape index (κ3) is 1.32. The molecule has 0 saturated carbocycles. The summed E-state index contributed by atoms with van der Waals surface area (Å²) in [4.78, 5) is 10.7. The van der Waals surface area contributed by atoms with Gasteiger partial charge < -0.3 is 20.4 Å². The van der Waals surface area contributed by atoms with Crippen LogP contribution in [0.1, 0.15) is 5.76 Å². The van der Waals surface area contributed by atoms with Gasteiger partial charge in [0.25, 0.3) is 0 Å². The Hall–Kier alpha value is -1.49. The summed E-state index contributed by atoms with van der Waals surface area (Å²) < 4.78 is 4.62. The molecule has 5 nitrogen and oxygen atoms in total. The van der Waals surface area contributed by atoms with E-state index in [0.29, 0.717) is 0 Å². The van der Waals surface area contributed by atoms with E-state index in [1.165, 1.54) is 0 Å². The number of rotatable bonds is 1. The van der Waals surface area contributed by atoms with E-state index < -0.39 is 17.8 Å². The molecule has 0 aromatic carbocycles. The lowest BCUT2D eigenvalue weighted by Gasteiger charge is -1.98. The van der Waals surface area contributed by atoms with E-state index in [0.717, 1.165) is 6.07 Å². The second-order valence-corrected chi connectivity index (χ2v) is 1.95. The van der Waals surface area contributed by atoms with Crippen molar-refractivity contribution in [3.63, 3.8) is 0 Å². The van der Waals surface area contributed by atoms with Crippen LogP contribution in [-0.4, -0.2) is 10.2 Å². The van der Waals surface area contributed by atoms with Crippen molar-refractivity contribution >= 4 is 5.88 Å². The van der Waals surface area contributed by atoms with Gasteiger partial charge in [-0.1, -0.05) is 0 Å². The Morgan fingerprint density at radius 3 is 2.73 bits per heavy atom. The Kier molecular flexibility index (Phi) is 1.82. The van der Waals surface area contributed by atoms with Crippen LogP contribution in [0.15, 0.2) is 15.3 Å². The Bertz CT molecular complexity index is 317. The second-order valence-electron chi connectivity index (χ2n) is 1.95. The molecule has 0 radical (unpaired) electrons. The summed E-state index contributed by atoms with van der Waals surface area (Å²) in [5.74, 6) is -0.964. The van der Waals surface area contributed by atoms with Gasteiger partial charge in [0.05, 0.1) is 0 Å². The van der Waals surface area contributed by atoms with Gasteiger partial charge in [-0.3, -0.25) is 4.79 Å². The lowest BCUT2D eigenvalue weighted by atomic mass is 10.3. The molecule has 0 aliphatic rings. The molecule has 0 atom stereocenters. The zero-order chi connectivity index (χ0) is 8.43. The number of hydrogen-bond donors (Lipinski definition) is 3. The first-order valence-corrected chi connectivity index (χ1v) is 2.87. The molecule has 1 heterocycles. The van der Waals surface area contributed by atoms with Crippen LogP contribution in [0.4, 0.5) is 5.88 Å². The fraction of sp³-hybridized carbons (Fsp3) is 0.167. The quantitative estimate of drug-likeness (QED) is 0.506. The highest BCUT2D eigenvalue weighted by atomic mass is 16.4. The van der Waals surface area contributed by atoms with Crippen molar-refractivity contribution in [3.05, 3.63) is 22.0 Å². The third-order valence-corrected chi connectivity index (χ3v) is 1.16. The van der Waals surface area contributed by atoms with Crippen molar-refractivity contribution in [1.29, 1.82) is 0 Å². The van der Waals surface area contributed by atoms with E-state index in [9.17, 15) is 4.79 Å². The van der Waals surface area contributed by atoms with Gasteiger partial charge in [-0.05, 0) is 0 Å². The number of anilines is 1. The molecule has 1 aromatic rings. The average Bonchev–Trinajstić information content (AvgIpc) is 1.99. The van der Waals surface area contributed by atoms with Gasteiger partial charge in [0.15, 0.2) is 0 Å². The molecule has 0 saturated heterocycles. The molecule has 0 fully saturated rings. The van der Waals surface area contributed by atoms with Gasteiger partial charge in [0.1, 0.15) is 12.4 Å². The van der Waals surface area contributed by atoms with E-state index >= 15 is 0 Å². The standard InChI is InChI=1S/C6H7NO4/c7-6-5(10)4(9)1-3(2-8)11-6/h1,8,10H,2,7H2. The van der Waals surface area contributed by atoms with Gasteiger partial charge in [0.2, 0.25) is 17.1 Å². The minimum absolute atomic E-state index is 0.0327. The van der Waals surface area contributed by atoms with Gasteiger partial charge in [-0.15, -0.1) is 0 Å². The zero-order valence-electron chi connectivity index (χ0n) is 5.57. The van der Waals surface area contributed by atoms with Crippen LogP contribution in [0, 0.1) is 0 Å². The monoisotopic (exact) mass is 157 g/mol. The molecule has 1 rings (SSSR count). The van der Waals surface area contributed by atoms with Crippen molar-refractivity contribution in [2.45, 2.75) is 6.61 Å². The van der Waals surface area contributed by atoms with E-state index in [4.69, 9.17) is 15.9 Å². The smallest absolute Gasteiger partial charge is 0.237 e. The predicted molar refractivity (Wildman–Crippen MR) is 37.0 cm³/mol. The summed E-state index contributed by atoms with van der Waals surface area (Å²) in [6, 6.07) is 0.978. The highest BCUT2D eigenvalue weighted by Crippen LogP contribution is 2.14. The number of aromatic hydroxyl groups is 1. The maximum atomic E-state index is 10.7. The first kappa shape index (κ1) is 7.62. The molecule has 60 valence electrons. The van der Waals surface area contributed by atoms with Crippen molar-refractivity contribution in [3.8, 4) is 5.75 Å². The number of nitrogen functional groups attached to an aromatic ring is 1. The number of nitrogens with two attached hydrogens (primary N) is 1. The molecule has 0 spiro atoms. The summed E-state index contributed by atoms with van der Waals surface area (Å²) in [6.07, 6.45) is 0. The predicted octanol–water partition coefficient (Wildman–Crippen LogP) is -0.580. The average molecular weight is 157 g/mol. The number of aliphatic hydroxyl groups is 1. The third-order valence-electron chi connectivity index (χ3n) is 1.16. The Labute approximate surface area is 61.7 Å². The summed E-state index contributed by atoms with van der Waals surface area (Å²) in [5.41, 5.74) is 4.41. The normalized spacial score (nSPS) is 9.91. The molecular weight excluding hydrogens is 150 g/mol. The van der Waals surface area contributed by atoms with Crippen LogP contribution in [0.25, 0.3) is 0 Å². The van der Waals surface area contributed by atoms with Gasteiger partial charge in [-0.25, -0.2) is 0 Å². The van der Waals surface area contributed by atoms with Crippen molar-refractivity contribution in [2.75, 3.05) is 5.73 Å².